The lowest BCUT2D eigenvalue weighted by molar-refractivity contribution is -0.384. The molecule has 0 bridgehead atoms. The zero-order chi connectivity index (χ0) is 14.0. The number of aromatic nitrogens is 2. The van der Waals surface area contributed by atoms with Crippen LogP contribution in [-0.4, -0.2) is 23.5 Å². The number of rotatable bonds is 4. The first-order valence-corrected chi connectivity index (χ1v) is 6.72. The standard InChI is InChI=1S/C9H7ClN4O4S/c10-8-2-1-7(3-9(8)14(15)16)19(17,18)13-6-4-11-12-5-6/h1-5,13H,(H,11,12). The molecule has 2 aromatic rings. The van der Waals surface area contributed by atoms with Crippen molar-refractivity contribution in [3.8, 4) is 0 Å². The summed E-state index contributed by atoms with van der Waals surface area (Å²) in [5.74, 6) is 0. The summed E-state index contributed by atoms with van der Waals surface area (Å²) in [6.07, 6.45) is 2.60. The first-order chi connectivity index (χ1) is 8.90. The quantitative estimate of drug-likeness (QED) is 0.659. The Hall–Kier alpha value is -2.13. The van der Waals surface area contributed by atoms with E-state index in [9.17, 15) is 18.5 Å². The Balaban J connectivity index is 2.41. The van der Waals surface area contributed by atoms with Gasteiger partial charge in [-0.15, -0.1) is 0 Å². The van der Waals surface area contributed by atoms with E-state index in [-0.39, 0.29) is 15.6 Å². The Bertz CT molecular complexity index is 714. The number of benzene rings is 1. The van der Waals surface area contributed by atoms with Crippen LogP contribution in [0.5, 0.6) is 0 Å². The molecule has 0 aliphatic heterocycles. The Kier molecular flexibility index (Phi) is 3.40. The summed E-state index contributed by atoms with van der Waals surface area (Å²) in [6, 6.07) is 3.23. The number of hydrogen-bond acceptors (Lipinski definition) is 5. The minimum Gasteiger partial charge on any atom is -0.284 e. The number of H-pyrrole nitrogens is 1. The lowest BCUT2D eigenvalue weighted by atomic mass is 10.3. The summed E-state index contributed by atoms with van der Waals surface area (Å²) < 4.78 is 26.1. The third-order valence-electron chi connectivity index (χ3n) is 2.18. The number of nitro groups is 1. The second-order valence-corrected chi connectivity index (χ2v) is 5.55. The van der Waals surface area contributed by atoms with E-state index < -0.39 is 20.6 Å². The van der Waals surface area contributed by atoms with Crippen molar-refractivity contribution in [2.24, 2.45) is 0 Å². The molecule has 0 unspecified atom stereocenters. The second-order valence-electron chi connectivity index (χ2n) is 3.46. The summed E-state index contributed by atoms with van der Waals surface area (Å²) in [7, 11) is -3.93. The minimum absolute atomic E-state index is 0.132. The van der Waals surface area contributed by atoms with Crippen molar-refractivity contribution in [2.45, 2.75) is 4.90 Å². The van der Waals surface area contributed by atoms with E-state index in [4.69, 9.17) is 11.6 Å². The molecule has 2 rings (SSSR count). The molecule has 0 aliphatic rings. The van der Waals surface area contributed by atoms with Crippen molar-refractivity contribution >= 4 is 33.0 Å². The fourth-order valence-corrected chi connectivity index (χ4v) is 2.56. The van der Waals surface area contributed by atoms with Gasteiger partial charge in [0, 0.05) is 12.3 Å². The first kappa shape index (κ1) is 13.3. The van der Waals surface area contributed by atoms with Crippen LogP contribution in [-0.2, 0) is 10.0 Å². The van der Waals surface area contributed by atoms with Crippen molar-refractivity contribution in [3.63, 3.8) is 0 Å². The van der Waals surface area contributed by atoms with Crippen LogP contribution in [0.3, 0.4) is 0 Å². The van der Waals surface area contributed by atoms with Gasteiger partial charge in [-0.05, 0) is 12.1 Å². The van der Waals surface area contributed by atoms with E-state index in [1.54, 1.807) is 0 Å². The molecule has 0 saturated carbocycles. The molecular formula is C9H7ClN4O4S. The van der Waals surface area contributed by atoms with Crippen LogP contribution in [0, 0.1) is 10.1 Å². The fraction of sp³-hybridized carbons (Fsp3) is 0. The largest absolute Gasteiger partial charge is 0.289 e. The van der Waals surface area contributed by atoms with Crippen LogP contribution in [0.4, 0.5) is 11.4 Å². The molecule has 0 saturated heterocycles. The topological polar surface area (TPSA) is 118 Å². The van der Waals surface area contributed by atoms with Gasteiger partial charge in [-0.3, -0.25) is 19.9 Å². The minimum atomic E-state index is -3.93. The highest BCUT2D eigenvalue weighted by atomic mass is 35.5. The normalized spacial score (nSPS) is 11.2. The number of nitrogens with zero attached hydrogens (tertiary/aromatic N) is 2. The summed E-state index contributed by atoms with van der Waals surface area (Å²) in [5.41, 5.74) is -0.255. The Morgan fingerprint density at radius 2 is 2.16 bits per heavy atom. The van der Waals surface area contributed by atoms with Gasteiger partial charge in [0.2, 0.25) is 0 Å². The predicted octanol–water partition coefficient (Wildman–Crippen LogP) is 1.77. The lowest BCUT2D eigenvalue weighted by Gasteiger charge is -2.05. The zero-order valence-electron chi connectivity index (χ0n) is 9.20. The number of nitro benzene ring substituents is 1. The van der Waals surface area contributed by atoms with E-state index in [1.165, 1.54) is 18.5 Å². The number of hydrogen-bond donors (Lipinski definition) is 2. The van der Waals surface area contributed by atoms with Gasteiger partial charge in [0.15, 0.2) is 0 Å². The molecule has 0 spiro atoms. The number of sulfonamides is 1. The summed E-state index contributed by atoms with van der Waals surface area (Å²) in [6.45, 7) is 0. The maximum absolute atomic E-state index is 12.0. The summed E-state index contributed by atoms with van der Waals surface area (Å²) in [4.78, 5) is 9.70. The maximum Gasteiger partial charge on any atom is 0.289 e. The van der Waals surface area contributed by atoms with E-state index in [1.807, 2.05) is 0 Å². The average molecular weight is 303 g/mol. The van der Waals surface area contributed by atoms with E-state index in [2.05, 4.69) is 14.9 Å². The van der Waals surface area contributed by atoms with Crippen LogP contribution in [0.2, 0.25) is 5.02 Å². The number of halogens is 1. The highest BCUT2D eigenvalue weighted by molar-refractivity contribution is 7.92. The van der Waals surface area contributed by atoms with Crippen molar-refractivity contribution in [3.05, 3.63) is 45.7 Å². The molecule has 2 N–H and O–H groups in total. The van der Waals surface area contributed by atoms with Gasteiger partial charge in [0.05, 0.1) is 21.7 Å². The van der Waals surface area contributed by atoms with Crippen LogP contribution < -0.4 is 4.72 Å². The van der Waals surface area contributed by atoms with Gasteiger partial charge >= 0.3 is 0 Å². The molecule has 19 heavy (non-hydrogen) atoms. The summed E-state index contributed by atoms with van der Waals surface area (Å²) in [5, 5.41) is 16.6. The summed E-state index contributed by atoms with van der Waals surface area (Å²) >= 11 is 5.61. The van der Waals surface area contributed by atoms with Crippen molar-refractivity contribution in [2.75, 3.05) is 4.72 Å². The van der Waals surface area contributed by atoms with Crippen LogP contribution in [0.25, 0.3) is 0 Å². The number of aromatic amines is 1. The molecule has 1 aromatic carbocycles. The Morgan fingerprint density at radius 1 is 1.42 bits per heavy atom. The van der Waals surface area contributed by atoms with Gasteiger partial charge in [-0.2, -0.15) is 5.10 Å². The van der Waals surface area contributed by atoms with Crippen molar-refractivity contribution in [1.29, 1.82) is 0 Å². The number of anilines is 1. The molecule has 100 valence electrons. The molecule has 0 fully saturated rings. The van der Waals surface area contributed by atoms with Gasteiger partial charge in [0.1, 0.15) is 5.02 Å². The highest BCUT2D eigenvalue weighted by Crippen LogP contribution is 2.27. The van der Waals surface area contributed by atoms with Crippen molar-refractivity contribution < 1.29 is 13.3 Å². The van der Waals surface area contributed by atoms with Crippen LogP contribution in [0.15, 0.2) is 35.5 Å². The molecular weight excluding hydrogens is 296 g/mol. The molecule has 8 nitrogen and oxygen atoms in total. The highest BCUT2D eigenvalue weighted by Gasteiger charge is 2.20. The Labute approximate surface area is 112 Å². The lowest BCUT2D eigenvalue weighted by Crippen LogP contribution is -2.12. The molecule has 0 radical (unpaired) electrons. The van der Waals surface area contributed by atoms with Gasteiger partial charge in [-0.25, -0.2) is 8.42 Å². The zero-order valence-corrected chi connectivity index (χ0v) is 10.8. The first-order valence-electron chi connectivity index (χ1n) is 4.86. The molecule has 1 aromatic heterocycles. The third-order valence-corrected chi connectivity index (χ3v) is 3.87. The number of nitrogens with one attached hydrogen (secondary N) is 2. The average Bonchev–Trinajstić information content (AvgIpc) is 2.80. The second kappa shape index (κ2) is 4.86. The molecule has 0 aliphatic carbocycles. The Morgan fingerprint density at radius 3 is 2.74 bits per heavy atom. The van der Waals surface area contributed by atoms with Gasteiger partial charge < -0.3 is 0 Å². The van der Waals surface area contributed by atoms with E-state index >= 15 is 0 Å². The maximum atomic E-state index is 12.0. The van der Waals surface area contributed by atoms with Crippen LogP contribution in [0.1, 0.15) is 0 Å². The third kappa shape index (κ3) is 2.83. The van der Waals surface area contributed by atoms with Gasteiger partial charge in [0.25, 0.3) is 15.7 Å². The van der Waals surface area contributed by atoms with Gasteiger partial charge in [-0.1, -0.05) is 11.6 Å². The van der Waals surface area contributed by atoms with Crippen molar-refractivity contribution in [1.82, 2.24) is 10.2 Å². The van der Waals surface area contributed by atoms with E-state index in [0.717, 1.165) is 12.1 Å². The molecule has 0 amide bonds. The SMILES string of the molecule is O=[N+]([O-])c1cc(S(=O)(=O)Nc2cn[nH]c2)ccc1Cl. The predicted molar refractivity (Wildman–Crippen MR) is 67.5 cm³/mol. The molecule has 1 heterocycles. The monoisotopic (exact) mass is 302 g/mol. The molecule has 0 atom stereocenters. The van der Waals surface area contributed by atoms with Crippen LogP contribution >= 0.6 is 11.6 Å². The smallest absolute Gasteiger partial charge is 0.284 e. The van der Waals surface area contributed by atoms with E-state index in [0.29, 0.717) is 0 Å². The fourth-order valence-electron chi connectivity index (χ4n) is 1.32. The molecule has 10 heteroatoms.